The minimum atomic E-state index is -0.513. The molecule has 0 saturated heterocycles. The summed E-state index contributed by atoms with van der Waals surface area (Å²) >= 11 is -0.103. The SMILES string of the molecule is CCOC(=O)c1c(NC(=O)c2ccc([N+](=O)[O-])cc2)[se]c2c1CCCC2. The summed E-state index contributed by atoms with van der Waals surface area (Å²) in [6.07, 6.45) is 3.92. The molecule has 8 heteroatoms. The molecule has 0 fully saturated rings. The van der Waals surface area contributed by atoms with Gasteiger partial charge in [-0.3, -0.25) is 0 Å². The van der Waals surface area contributed by atoms with Crippen LogP contribution in [-0.2, 0) is 17.6 Å². The van der Waals surface area contributed by atoms with Crippen molar-refractivity contribution in [3.63, 3.8) is 0 Å². The Bertz CT molecular complexity index is 857. The number of carbonyl (C=O) groups is 2. The molecule has 7 nitrogen and oxygen atoms in total. The van der Waals surface area contributed by atoms with E-state index >= 15 is 0 Å². The van der Waals surface area contributed by atoms with Gasteiger partial charge < -0.3 is 0 Å². The van der Waals surface area contributed by atoms with E-state index in [4.69, 9.17) is 4.74 Å². The average molecular weight is 421 g/mol. The Balaban J connectivity index is 1.88. The van der Waals surface area contributed by atoms with Crippen LogP contribution >= 0.6 is 0 Å². The number of ether oxygens (including phenoxy) is 1. The van der Waals surface area contributed by atoms with Crippen LogP contribution < -0.4 is 5.32 Å². The fraction of sp³-hybridized carbons (Fsp3) is 0.333. The molecule has 1 aliphatic carbocycles. The fourth-order valence-electron chi connectivity index (χ4n) is 2.98. The number of anilines is 1. The van der Waals surface area contributed by atoms with Gasteiger partial charge in [-0.2, -0.15) is 0 Å². The molecule has 1 aromatic heterocycles. The summed E-state index contributed by atoms with van der Waals surface area (Å²) < 4.78 is 7.07. The van der Waals surface area contributed by atoms with E-state index in [1.807, 2.05) is 0 Å². The first kappa shape index (κ1) is 18.4. The Labute approximate surface area is 156 Å². The molecular formula is C18H18N2O5Se. The number of nitrogens with zero attached hydrogens (tertiary/aromatic N) is 1. The van der Waals surface area contributed by atoms with E-state index in [0.717, 1.165) is 31.2 Å². The maximum atomic E-state index is 12.5. The van der Waals surface area contributed by atoms with E-state index in [9.17, 15) is 19.7 Å². The van der Waals surface area contributed by atoms with Crippen molar-refractivity contribution in [1.82, 2.24) is 0 Å². The standard InChI is InChI=1S/C18H18N2O5Se/c1-2-25-18(22)15-13-5-3-4-6-14(13)26-17(15)19-16(21)11-7-9-12(10-8-11)20(23)24/h7-10H,2-6H2,1H3,(H,19,21). The average Bonchev–Trinajstić information content (AvgIpc) is 2.99. The second-order valence-electron chi connectivity index (χ2n) is 5.89. The topological polar surface area (TPSA) is 98.5 Å². The molecule has 1 aliphatic rings. The van der Waals surface area contributed by atoms with E-state index in [2.05, 4.69) is 5.32 Å². The van der Waals surface area contributed by atoms with Gasteiger partial charge in [0.05, 0.1) is 0 Å². The molecule has 0 spiro atoms. The van der Waals surface area contributed by atoms with Crippen molar-refractivity contribution in [2.75, 3.05) is 11.9 Å². The van der Waals surface area contributed by atoms with Crippen LogP contribution in [0, 0.1) is 10.1 Å². The summed E-state index contributed by atoms with van der Waals surface area (Å²) in [5.74, 6) is -0.765. The number of benzene rings is 1. The van der Waals surface area contributed by atoms with Gasteiger partial charge >= 0.3 is 156 Å². The fourth-order valence-corrected chi connectivity index (χ4v) is 5.65. The Morgan fingerprint density at radius 2 is 1.92 bits per heavy atom. The Hall–Kier alpha value is -2.44. The quantitative estimate of drug-likeness (QED) is 0.346. The number of non-ortho nitro benzene ring substituents is 1. The molecule has 0 saturated carbocycles. The van der Waals surface area contributed by atoms with Crippen LogP contribution in [0.4, 0.5) is 10.2 Å². The molecule has 0 aliphatic heterocycles. The third-order valence-electron chi connectivity index (χ3n) is 4.22. The number of aryl methyl sites for hydroxylation is 1. The van der Waals surface area contributed by atoms with Crippen molar-refractivity contribution in [1.29, 1.82) is 0 Å². The summed E-state index contributed by atoms with van der Waals surface area (Å²) in [6, 6.07) is 5.40. The van der Waals surface area contributed by atoms with Gasteiger partial charge in [0.25, 0.3) is 0 Å². The van der Waals surface area contributed by atoms with Crippen LogP contribution in [0.15, 0.2) is 24.3 Å². The predicted molar refractivity (Wildman–Crippen MR) is 97.0 cm³/mol. The van der Waals surface area contributed by atoms with Gasteiger partial charge in [-0.1, -0.05) is 0 Å². The van der Waals surface area contributed by atoms with Crippen LogP contribution in [0.25, 0.3) is 0 Å². The second-order valence-corrected chi connectivity index (χ2v) is 8.21. The van der Waals surface area contributed by atoms with Gasteiger partial charge in [0.15, 0.2) is 0 Å². The number of rotatable bonds is 5. The normalized spacial score (nSPS) is 13.0. The first-order chi connectivity index (χ1) is 12.5. The number of nitro benzene ring substituents is 1. The third kappa shape index (κ3) is 3.71. The molecule has 136 valence electrons. The van der Waals surface area contributed by atoms with Gasteiger partial charge in [-0.25, -0.2) is 0 Å². The first-order valence-corrected chi connectivity index (χ1v) is 10.1. The molecule has 26 heavy (non-hydrogen) atoms. The van der Waals surface area contributed by atoms with Crippen molar-refractivity contribution >= 4 is 36.6 Å². The van der Waals surface area contributed by atoms with Crippen LogP contribution in [0.2, 0.25) is 0 Å². The van der Waals surface area contributed by atoms with Gasteiger partial charge in [0, 0.05) is 0 Å². The van der Waals surface area contributed by atoms with Crippen LogP contribution in [0.5, 0.6) is 0 Å². The van der Waals surface area contributed by atoms with Gasteiger partial charge in [0.2, 0.25) is 0 Å². The summed E-state index contributed by atoms with van der Waals surface area (Å²) in [4.78, 5) is 35.2. The maximum absolute atomic E-state index is 12.5. The van der Waals surface area contributed by atoms with E-state index < -0.39 is 4.92 Å². The zero-order valence-electron chi connectivity index (χ0n) is 14.2. The van der Waals surface area contributed by atoms with E-state index in [1.165, 1.54) is 28.7 Å². The van der Waals surface area contributed by atoms with Gasteiger partial charge in [-0.15, -0.1) is 0 Å². The zero-order chi connectivity index (χ0) is 18.7. The molecule has 1 N–H and O–H groups in total. The molecule has 1 amide bonds. The molecule has 0 unspecified atom stereocenters. The Kier molecular flexibility index (Phi) is 5.54. The summed E-state index contributed by atoms with van der Waals surface area (Å²) in [5, 5.41) is 13.6. The Morgan fingerprint density at radius 1 is 1.23 bits per heavy atom. The molecule has 0 bridgehead atoms. The number of amides is 1. The molecule has 1 aromatic carbocycles. The predicted octanol–water partition coefficient (Wildman–Crippen LogP) is 2.96. The van der Waals surface area contributed by atoms with Crippen LogP contribution in [0.1, 0.15) is 50.5 Å². The third-order valence-corrected chi connectivity index (χ3v) is 6.75. The van der Waals surface area contributed by atoms with Crippen molar-refractivity contribution in [2.45, 2.75) is 32.6 Å². The molecule has 0 atom stereocenters. The van der Waals surface area contributed by atoms with E-state index in [1.54, 1.807) is 6.92 Å². The summed E-state index contributed by atoms with van der Waals surface area (Å²) in [5.41, 5.74) is 1.78. The molecular weight excluding hydrogens is 403 g/mol. The molecule has 2 aromatic rings. The molecule has 0 radical (unpaired) electrons. The van der Waals surface area contributed by atoms with E-state index in [0.29, 0.717) is 15.7 Å². The van der Waals surface area contributed by atoms with Gasteiger partial charge in [-0.05, 0) is 0 Å². The van der Waals surface area contributed by atoms with Crippen molar-refractivity contribution < 1.29 is 19.2 Å². The summed E-state index contributed by atoms with van der Waals surface area (Å²) in [6.45, 7) is 2.03. The number of hydrogen-bond donors (Lipinski definition) is 1. The number of esters is 1. The van der Waals surface area contributed by atoms with Crippen molar-refractivity contribution in [2.24, 2.45) is 0 Å². The zero-order valence-corrected chi connectivity index (χ0v) is 16.0. The van der Waals surface area contributed by atoms with Crippen molar-refractivity contribution in [3.8, 4) is 0 Å². The number of hydrogen-bond acceptors (Lipinski definition) is 5. The van der Waals surface area contributed by atoms with Crippen molar-refractivity contribution in [3.05, 3.63) is 55.5 Å². The molecule has 3 rings (SSSR count). The number of carbonyl (C=O) groups excluding carboxylic acids is 2. The summed E-state index contributed by atoms with van der Waals surface area (Å²) in [7, 11) is 0. The molecule has 1 heterocycles. The first-order valence-electron chi connectivity index (χ1n) is 8.38. The number of fused-ring (bicyclic) bond motifs is 1. The second kappa shape index (κ2) is 7.85. The van der Waals surface area contributed by atoms with Gasteiger partial charge in [0.1, 0.15) is 0 Å². The monoisotopic (exact) mass is 422 g/mol. The minimum absolute atomic E-state index is 0.0739. The van der Waals surface area contributed by atoms with E-state index in [-0.39, 0.29) is 38.7 Å². The van der Waals surface area contributed by atoms with Crippen LogP contribution in [-0.4, -0.2) is 37.9 Å². The number of nitro groups is 1. The van der Waals surface area contributed by atoms with Crippen LogP contribution in [0.3, 0.4) is 0 Å². The Morgan fingerprint density at radius 3 is 2.58 bits per heavy atom. The number of nitrogens with one attached hydrogen (secondary N) is 1.